The number of ether oxygens (including phenoxy) is 2. The predicted octanol–water partition coefficient (Wildman–Crippen LogP) is 4.05. The van der Waals surface area contributed by atoms with Crippen molar-refractivity contribution in [1.82, 2.24) is 5.32 Å². The van der Waals surface area contributed by atoms with Crippen LogP contribution in [0.4, 0.5) is 14.5 Å². The van der Waals surface area contributed by atoms with E-state index in [9.17, 15) is 22.0 Å². The number of amides is 1. The second-order valence-corrected chi connectivity index (χ2v) is 9.18. The van der Waals surface area contributed by atoms with Gasteiger partial charge in [-0.2, -0.15) is 0 Å². The molecule has 0 spiro atoms. The van der Waals surface area contributed by atoms with E-state index < -0.39 is 40.2 Å². The van der Waals surface area contributed by atoms with Gasteiger partial charge in [0.1, 0.15) is 18.2 Å². The van der Waals surface area contributed by atoms with Crippen molar-refractivity contribution >= 4 is 21.6 Å². The van der Waals surface area contributed by atoms with Crippen molar-refractivity contribution in [3.8, 4) is 11.5 Å². The Morgan fingerprint density at radius 2 is 1.62 bits per heavy atom. The van der Waals surface area contributed by atoms with Crippen LogP contribution in [-0.4, -0.2) is 35.1 Å². The van der Waals surface area contributed by atoms with Crippen LogP contribution in [0.5, 0.6) is 11.5 Å². The van der Waals surface area contributed by atoms with Crippen molar-refractivity contribution in [3.05, 3.63) is 83.9 Å². The van der Waals surface area contributed by atoms with Crippen molar-refractivity contribution in [2.75, 3.05) is 25.1 Å². The molecule has 10 heteroatoms. The van der Waals surface area contributed by atoms with Gasteiger partial charge in [-0.25, -0.2) is 17.2 Å². The fraction of sp³-hybridized carbons (Fsp3) is 0.208. The molecule has 0 bridgehead atoms. The predicted molar refractivity (Wildman–Crippen MR) is 123 cm³/mol. The molecule has 1 N–H and O–H groups in total. The van der Waals surface area contributed by atoms with Crippen molar-refractivity contribution in [3.63, 3.8) is 0 Å². The Bertz CT molecular complexity index is 1270. The van der Waals surface area contributed by atoms with E-state index in [4.69, 9.17) is 9.47 Å². The molecule has 1 amide bonds. The minimum Gasteiger partial charge on any atom is -0.493 e. The average Bonchev–Trinajstić information content (AvgIpc) is 2.82. The summed E-state index contributed by atoms with van der Waals surface area (Å²) in [5.41, 5.74) is 0.330. The number of halogens is 2. The standard InChI is InChI=1S/C24H24F2N2O5S/c1-16(17-8-10-18(25)11-9-17)27-24(29)15-28(21-7-5-4-6-20(21)26)34(30,31)19-12-13-22(32-2)23(14-19)33-3/h4-14,16H,15H2,1-3H3,(H,27,29). The molecule has 1 unspecified atom stereocenters. The molecule has 0 saturated carbocycles. The number of carbonyl (C=O) groups excluding carboxylic acids is 1. The lowest BCUT2D eigenvalue weighted by atomic mass is 10.1. The van der Waals surface area contributed by atoms with Crippen LogP contribution >= 0.6 is 0 Å². The topological polar surface area (TPSA) is 84.9 Å². The Kier molecular flexibility index (Phi) is 7.72. The number of rotatable bonds is 9. The maximum absolute atomic E-state index is 14.6. The number of carbonyl (C=O) groups is 1. The van der Waals surface area contributed by atoms with Gasteiger partial charge in [0.15, 0.2) is 11.5 Å². The van der Waals surface area contributed by atoms with Gasteiger partial charge < -0.3 is 14.8 Å². The van der Waals surface area contributed by atoms with Gasteiger partial charge >= 0.3 is 0 Å². The fourth-order valence-corrected chi connectivity index (χ4v) is 4.75. The van der Waals surface area contributed by atoms with E-state index in [1.54, 1.807) is 6.92 Å². The first kappa shape index (κ1) is 25.0. The first-order valence-electron chi connectivity index (χ1n) is 10.2. The summed E-state index contributed by atoms with van der Waals surface area (Å²) in [6.45, 7) is 0.977. The van der Waals surface area contributed by atoms with Crippen LogP contribution in [-0.2, 0) is 14.8 Å². The van der Waals surface area contributed by atoms with Crippen LogP contribution in [0.25, 0.3) is 0 Å². The van der Waals surface area contributed by atoms with Crippen LogP contribution in [0.15, 0.2) is 71.6 Å². The van der Waals surface area contributed by atoms with E-state index in [1.807, 2.05) is 0 Å². The number of methoxy groups -OCH3 is 2. The summed E-state index contributed by atoms with van der Waals surface area (Å²) in [5.74, 6) is -1.44. The number of nitrogens with one attached hydrogen (secondary N) is 1. The normalized spacial score (nSPS) is 12.0. The van der Waals surface area contributed by atoms with Gasteiger partial charge in [0, 0.05) is 6.07 Å². The van der Waals surface area contributed by atoms with Crippen LogP contribution in [0, 0.1) is 11.6 Å². The largest absolute Gasteiger partial charge is 0.493 e. The second kappa shape index (κ2) is 10.5. The van der Waals surface area contributed by atoms with E-state index in [0.717, 1.165) is 6.07 Å². The number of benzene rings is 3. The lowest BCUT2D eigenvalue weighted by Gasteiger charge is -2.25. The Labute approximate surface area is 197 Å². The highest BCUT2D eigenvalue weighted by atomic mass is 32.2. The van der Waals surface area contributed by atoms with Gasteiger partial charge in [-0.1, -0.05) is 24.3 Å². The van der Waals surface area contributed by atoms with Crippen molar-refractivity contribution in [1.29, 1.82) is 0 Å². The molecule has 0 aromatic heterocycles. The van der Waals surface area contributed by atoms with Gasteiger partial charge in [-0.15, -0.1) is 0 Å². The maximum Gasteiger partial charge on any atom is 0.265 e. The van der Waals surface area contributed by atoms with E-state index in [1.165, 1.54) is 74.9 Å². The van der Waals surface area contributed by atoms with Crippen LogP contribution in [0.2, 0.25) is 0 Å². The molecule has 0 aliphatic heterocycles. The third-order valence-corrected chi connectivity index (χ3v) is 6.85. The number of nitrogens with zero attached hydrogens (tertiary/aromatic N) is 1. The maximum atomic E-state index is 14.6. The molecule has 0 aliphatic carbocycles. The molecule has 3 rings (SSSR count). The quantitative estimate of drug-likeness (QED) is 0.489. The van der Waals surface area contributed by atoms with E-state index in [0.29, 0.717) is 15.6 Å². The summed E-state index contributed by atoms with van der Waals surface area (Å²) >= 11 is 0. The summed E-state index contributed by atoms with van der Waals surface area (Å²) in [5, 5.41) is 2.67. The van der Waals surface area contributed by atoms with Gasteiger partial charge in [0.05, 0.1) is 30.8 Å². The number of sulfonamides is 1. The summed E-state index contributed by atoms with van der Waals surface area (Å²) in [6.07, 6.45) is 0. The molecular formula is C24H24F2N2O5S. The monoisotopic (exact) mass is 490 g/mol. The highest BCUT2D eigenvalue weighted by molar-refractivity contribution is 7.92. The van der Waals surface area contributed by atoms with Gasteiger partial charge in [-0.05, 0) is 48.9 Å². The third kappa shape index (κ3) is 5.45. The fourth-order valence-electron chi connectivity index (χ4n) is 3.31. The van der Waals surface area contributed by atoms with Crippen molar-refractivity contribution < 1.29 is 31.5 Å². The van der Waals surface area contributed by atoms with Crippen LogP contribution in [0.1, 0.15) is 18.5 Å². The lowest BCUT2D eigenvalue weighted by molar-refractivity contribution is -0.120. The summed E-state index contributed by atoms with van der Waals surface area (Å²) in [4.78, 5) is 12.6. The Morgan fingerprint density at radius 3 is 2.24 bits per heavy atom. The first-order chi connectivity index (χ1) is 16.2. The number of anilines is 1. The highest BCUT2D eigenvalue weighted by Crippen LogP contribution is 2.32. The van der Waals surface area contributed by atoms with Crippen LogP contribution < -0.4 is 19.1 Å². The molecule has 0 saturated heterocycles. The van der Waals surface area contributed by atoms with Gasteiger partial charge in [-0.3, -0.25) is 9.10 Å². The molecule has 0 fully saturated rings. The zero-order chi connectivity index (χ0) is 24.9. The molecule has 34 heavy (non-hydrogen) atoms. The lowest BCUT2D eigenvalue weighted by Crippen LogP contribution is -2.42. The molecule has 3 aromatic rings. The summed E-state index contributed by atoms with van der Waals surface area (Å²) < 4.78 is 65.9. The molecule has 7 nitrogen and oxygen atoms in total. The molecule has 180 valence electrons. The van der Waals surface area contributed by atoms with E-state index in [-0.39, 0.29) is 16.3 Å². The molecular weight excluding hydrogens is 466 g/mol. The van der Waals surface area contributed by atoms with E-state index in [2.05, 4.69) is 5.32 Å². The third-order valence-electron chi connectivity index (χ3n) is 5.10. The average molecular weight is 491 g/mol. The molecule has 0 radical (unpaired) electrons. The summed E-state index contributed by atoms with van der Waals surface area (Å²) in [7, 11) is -1.63. The Hall–Kier alpha value is -3.66. The minimum atomic E-state index is -4.39. The zero-order valence-corrected chi connectivity index (χ0v) is 19.6. The van der Waals surface area contributed by atoms with E-state index >= 15 is 0 Å². The minimum absolute atomic E-state index is 0.159. The van der Waals surface area contributed by atoms with Gasteiger partial charge in [0.25, 0.3) is 10.0 Å². The summed E-state index contributed by atoms with van der Waals surface area (Å²) in [6, 6.07) is 14.2. The molecule has 1 atom stereocenters. The van der Waals surface area contributed by atoms with Crippen molar-refractivity contribution in [2.45, 2.75) is 17.9 Å². The zero-order valence-electron chi connectivity index (χ0n) is 18.8. The Morgan fingerprint density at radius 1 is 0.971 bits per heavy atom. The Balaban J connectivity index is 1.95. The SMILES string of the molecule is COc1ccc(S(=O)(=O)N(CC(=O)NC(C)c2ccc(F)cc2)c2ccccc2F)cc1OC. The second-order valence-electron chi connectivity index (χ2n) is 7.32. The number of hydrogen-bond acceptors (Lipinski definition) is 5. The molecule has 0 aliphatic rings. The number of para-hydroxylation sites is 1. The first-order valence-corrected chi connectivity index (χ1v) is 11.7. The van der Waals surface area contributed by atoms with Crippen LogP contribution in [0.3, 0.4) is 0 Å². The van der Waals surface area contributed by atoms with Gasteiger partial charge in [0.2, 0.25) is 5.91 Å². The smallest absolute Gasteiger partial charge is 0.265 e. The van der Waals surface area contributed by atoms with Crippen molar-refractivity contribution in [2.24, 2.45) is 0 Å². The number of hydrogen-bond donors (Lipinski definition) is 1. The molecule has 3 aromatic carbocycles. The highest BCUT2D eigenvalue weighted by Gasteiger charge is 2.30. The molecule has 0 heterocycles.